The number of anilines is 1. The van der Waals surface area contributed by atoms with Gasteiger partial charge >= 0.3 is 0 Å². The van der Waals surface area contributed by atoms with Gasteiger partial charge in [0.2, 0.25) is 0 Å². The standard InChI is InChI=1S/C17H13ClFNO4S2/c1-2-26(23,24)10-4-6-13(21)12(8-10)20-17(22)16-15(18)11-5-3-9(19)7-14(11)25-16/h3-8,21H,2H2,1H3,(H,20,22). The van der Waals surface area contributed by atoms with Crippen LogP contribution in [0.4, 0.5) is 10.1 Å². The minimum Gasteiger partial charge on any atom is -0.506 e. The van der Waals surface area contributed by atoms with E-state index in [4.69, 9.17) is 11.6 Å². The largest absolute Gasteiger partial charge is 0.506 e. The third-order valence-corrected chi connectivity index (χ3v) is 7.14. The van der Waals surface area contributed by atoms with Crippen molar-refractivity contribution >= 4 is 54.5 Å². The first-order valence-corrected chi connectivity index (χ1v) is 10.3. The summed E-state index contributed by atoms with van der Waals surface area (Å²) in [6, 6.07) is 7.64. The third kappa shape index (κ3) is 3.40. The molecule has 3 aromatic rings. The highest BCUT2D eigenvalue weighted by atomic mass is 35.5. The zero-order valence-electron chi connectivity index (χ0n) is 13.4. The molecule has 0 saturated carbocycles. The molecular weight excluding hydrogens is 401 g/mol. The maximum atomic E-state index is 13.3. The summed E-state index contributed by atoms with van der Waals surface area (Å²) >= 11 is 7.21. The Labute approximate surface area is 158 Å². The average molecular weight is 414 g/mol. The van der Waals surface area contributed by atoms with Crippen molar-refractivity contribution in [3.63, 3.8) is 0 Å². The van der Waals surface area contributed by atoms with Crippen molar-refractivity contribution in [3.05, 3.63) is 52.1 Å². The lowest BCUT2D eigenvalue weighted by molar-refractivity contribution is 0.103. The van der Waals surface area contributed by atoms with E-state index < -0.39 is 21.6 Å². The fraction of sp³-hybridized carbons (Fsp3) is 0.118. The molecule has 0 aliphatic carbocycles. The molecule has 0 radical (unpaired) electrons. The van der Waals surface area contributed by atoms with Gasteiger partial charge in [-0.15, -0.1) is 11.3 Å². The second-order valence-electron chi connectivity index (χ2n) is 5.42. The van der Waals surface area contributed by atoms with Crippen LogP contribution < -0.4 is 5.32 Å². The minimum absolute atomic E-state index is 0.0161. The number of aromatic hydroxyl groups is 1. The molecule has 0 fully saturated rings. The molecule has 0 aliphatic heterocycles. The van der Waals surface area contributed by atoms with Crippen LogP contribution in [-0.4, -0.2) is 25.2 Å². The van der Waals surface area contributed by atoms with Crippen molar-refractivity contribution < 1.29 is 22.7 Å². The van der Waals surface area contributed by atoms with E-state index in [1.807, 2.05) is 0 Å². The normalized spacial score (nSPS) is 11.7. The van der Waals surface area contributed by atoms with Crippen LogP contribution in [0, 0.1) is 5.82 Å². The third-order valence-electron chi connectivity index (χ3n) is 3.75. The van der Waals surface area contributed by atoms with Gasteiger partial charge in [-0.1, -0.05) is 18.5 Å². The van der Waals surface area contributed by atoms with Gasteiger partial charge in [0.15, 0.2) is 9.84 Å². The molecule has 0 atom stereocenters. The molecule has 0 spiro atoms. The summed E-state index contributed by atoms with van der Waals surface area (Å²) in [5.74, 6) is -1.47. The van der Waals surface area contributed by atoms with Gasteiger partial charge in [-0.3, -0.25) is 4.79 Å². The van der Waals surface area contributed by atoms with Crippen molar-refractivity contribution in [1.82, 2.24) is 0 Å². The average Bonchev–Trinajstić information content (AvgIpc) is 2.92. The monoisotopic (exact) mass is 413 g/mol. The van der Waals surface area contributed by atoms with Gasteiger partial charge < -0.3 is 10.4 Å². The lowest BCUT2D eigenvalue weighted by Crippen LogP contribution is -2.12. The van der Waals surface area contributed by atoms with Gasteiger partial charge in [-0.2, -0.15) is 0 Å². The predicted octanol–water partition coefficient (Wildman–Crippen LogP) is 4.45. The Kier molecular flexibility index (Phi) is 4.92. The van der Waals surface area contributed by atoms with Crippen molar-refractivity contribution in [3.8, 4) is 5.75 Å². The number of phenols is 1. The lowest BCUT2D eigenvalue weighted by Gasteiger charge is -2.09. The van der Waals surface area contributed by atoms with Crippen LogP contribution in [0.3, 0.4) is 0 Å². The van der Waals surface area contributed by atoms with E-state index in [-0.39, 0.29) is 32.0 Å². The predicted molar refractivity (Wildman–Crippen MR) is 101 cm³/mol. The molecule has 1 heterocycles. The molecule has 9 heteroatoms. The van der Waals surface area contributed by atoms with E-state index in [1.54, 1.807) is 0 Å². The van der Waals surface area contributed by atoms with Gasteiger partial charge in [0.05, 0.1) is 21.4 Å². The fourth-order valence-corrected chi connectivity index (χ4v) is 4.68. The summed E-state index contributed by atoms with van der Waals surface area (Å²) in [6.45, 7) is 1.50. The van der Waals surface area contributed by atoms with Crippen molar-refractivity contribution in [2.45, 2.75) is 11.8 Å². The molecule has 0 bridgehead atoms. The number of phenolic OH excluding ortho intramolecular Hbond substituents is 1. The van der Waals surface area contributed by atoms with Crippen molar-refractivity contribution in [1.29, 1.82) is 0 Å². The van der Waals surface area contributed by atoms with Crippen LogP contribution in [0.25, 0.3) is 10.1 Å². The van der Waals surface area contributed by atoms with Gasteiger partial charge in [0.25, 0.3) is 5.91 Å². The Morgan fingerprint density at radius 3 is 2.69 bits per heavy atom. The quantitative estimate of drug-likeness (QED) is 0.619. The zero-order valence-corrected chi connectivity index (χ0v) is 15.8. The smallest absolute Gasteiger partial charge is 0.267 e. The summed E-state index contributed by atoms with van der Waals surface area (Å²) < 4.78 is 37.8. The first kappa shape index (κ1) is 18.6. The van der Waals surface area contributed by atoms with Gasteiger partial charge in [-0.25, -0.2) is 12.8 Å². The number of carbonyl (C=O) groups is 1. The van der Waals surface area contributed by atoms with Gasteiger partial charge in [0.1, 0.15) is 16.4 Å². The summed E-state index contributed by atoms with van der Waals surface area (Å²) in [5.41, 5.74) is -0.0516. The summed E-state index contributed by atoms with van der Waals surface area (Å²) in [4.78, 5) is 12.7. The number of benzene rings is 2. The Morgan fingerprint density at radius 1 is 1.27 bits per heavy atom. The second kappa shape index (κ2) is 6.86. The summed E-state index contributed by atoms with van der Waals surface area (Å²) in [7, 11) is -3.50. The van der Waals surface area contributed by atoms with Crippen LogP contribution in [0.5, 0.6) is 5.75 Å². The molecular formula is C17H13ClFNO4S2. The molecule has 1 aromatic heterocycles. The summed E-state index contributed by atoms with van der Waals surface area (Å²) in [6.07, 6.45) is 0. The fourth-order valence-electron chi connectivity index (χ4n) is 2.34. The number of nitrogens with one attached hydrogen (secondary N) is 1. The van der Waals surface area contributed by atoms with E-state index >= 15 is 0 Å². The number of fused-ring (bicyclic) bond motifs is 1. The maximum absolute atomic E-state index is 13.3. The lowest BCUT2D eigenvalue weighted by atomic mass is 10.2. The molecule has 136 valence electrons. The number of thiophene rings is 1. The zero-order chi connectivity index (χ0) is 19.1. The Balaban J connectivity index is 1.98. The molecule has 0 unspecified atom stereocenters. The number of amides is 1. The van der Waals surface area contributed by atoms with Crippen molar-refractivity contribution in [2.75, 3.05) is 11.1 Å². The highest BCUT2D eigenvalue weighted by molar-refractivity contribution is 7.91. The molecule has 26 heavy (non-hydrogen) atoms. The number of halogens is 2. The van der Waals surface area contributed by atoms with Crippen LogP contribution in [0.1, 0.15) is 16.6 Å². The first-order valence-electron chi connectivity index (χ1n) is 7.47. The minimum atomic E-state index is -3.50. The van der Waals surface area contributed by atoms with E-state index in [0.29, 0.717) is 10.1 Å². The Morgan fingerprint density at radius 2 is 2.00 bits per heavy atom. The van der Waals surface area contributed by atoms with E-state index in [2.05, 4.69) is 5.32 Å². The molecule has 0 aliphatic rings. The molecule has 2 aromatic carbocycles. The summed E-state index contributed by atoms with van der Waals surface area (Å²) in [5, 5.41) is 13.1. The molecule has 2 N–H and O–H groups in total. The van der Waals surface area contributed by atoms with Crippen LogP contribution in [0.2, 0.25) is 5.02 Å². The number of rotatable bonds is 4. The Hall–Kier alpha value is -2.16. The molecule has 3 rings (SSSR count). The SMILES string of the molecule is CCS(=O)(=O)c1ccc(O)c(NC(=O)c2sc3cc(F)ccc3c2Cl)c1. The number of sulfone groups is 1. The topological polar surface area (TPSA) is 83.5 Å². The van der Waals surface area contributed by atoms with E-state index in [9.17, 15) is 22.7 Å². The van der Waals surface area contributed by atoms with E-state index in [0.717, 1.165) is 11.3 Å². The molecule has 0 saturated heterocycles. The van der Waals surface area contributed by atoms with E-state index in [1.165, 1.54) is 43.3 Å². The van der Waals surface area contributed by atoms with Crippen LogP contribution >= 0.6 is 22.9 Å². The first-order chi connectivity index (χ1) is 12.2. The number of carbonyl (C=O) groups excluding carboxylic acids is 1. The molecule has 5 nitrogen and oxygen atoms in total. The number of hydrogen-bond acceptors (Lipinski definition) is 5. The Bertz CT molecular complexity index is 1130. The van der Waals surface area contributed by atoms with Gasteiger partial charge in [-0.05, 0) is 36.4 Å². The van der Waals surface area contributed by atoms with Crippen LogP contribution in [0.15, 0.2) is 41.3 Å². The molecule has 1 amide bonds. The highest BCUT2D eigenvalue weighted by Crippen LogP contribution is 2.37. The highest BCUT2D eigenvalue weighted by Gasteiger charge is 2.20. The van der Waals surface area contributed by atoms with Crippen LogP contribution in [-0.2, 0) is 9.84 Å². The van der Waals surface area contributed by atoms with Gasteiger partial charge in [0, 0.05) is 10.1 Å². The number of hydrogen-bond donors (Lipinski definition) is 2. The van der Waals surface area contributed by atoms with Crippen molar-refractivity contribution in [2.24, 2.45) is 0 Å². The maximum Gasteiger partial charge on any atom is 0.267 e. The second-order valence-corrected chi connectivity index (χ2v) is 9.13.